The first kappa shape index (κ1) is 16.7. The third kappa shape index (κ3) is 3.84. The molecule has 0 saturated carbocycles. The highest BCUT2D eigenvalue weighted by Gasteiger charge is 2.31. The van der Waals surface area contributed by atoms with Crippen molar-refractivity contribution < 1.29 is 13.9 Å². The minimum Gasteiger partial charge on any atom is -0.469 e. The average molecular weight is 347 g/mol. The molecule has 0 saturated heterocycles. The number of esters is 1. The fraction of sp³-hybridized carbons (Fsp3) is 0.471. The summed E-state index contributed by atoms with van der Waals surface area (Å²) in [6.45, 7) is 6.58. The number of hydrazone groups is 1. The monoisotopic (exact) mass is 347 g/mol. The van der Waals surface area contributed by atoms with Gasteiger partial charge >= 0.3 is 5.97 Å². The molecule has 0 spiro atoms. The molecule has 1 N–H and O–H groups in total. The van der Waals surface area contributed by atoms with Crippen molar-refractivity contribution in [2.24, 2.45) is 10.5 Å². The van der Waals surface area contributed by atoms with Gasteiger partial charge < -0.3 is 9.15 Å². The van der Waals surface area contributed by atoms with Crippen LogP contribution in [0.25, 0.3) is 0 Å². The van der Waals surface area contributed by atoms with Gasteiger partial charge in [0, 0.05) is 17.4 Å². The second-order valence-electron chi connectivity index (χ2n) is 6.57. The lowest BCUT2D eigenvalue weighted by Crippen LogP contribution is -2.27. The van der Waals surface area contributed by atoms with Gasteiger partial charge in [0.2, 0.25) is 5.13 Å². The Bertz CT molecular complexity index is 761. The van der Waals surface area contributed by atoms with Crippen LogP contribution in [0.2, 0.25) is 0 Å². The van der Waals surface area contributed by atoms with Crippen molar-refractivity contribution >= 4 is 28.1 Å². The molecule has 0 unspecified atom stereocenters. The molecule has 0 atom stereocenters. The van der Waals surface area contributed by atoms with Gasteiger partial charge in [0.1, 0.15) is 5.76 Å². The number of furan rings is 1. The van der Waals surface area contributed by atoms with E-state index in [-0.39, 0.29) is 17.8 Å². The highest BCUT2D eigenvalue weighted by atomic mass is 32.1. The van der Waals surface area contributed by atoms with Crippen LogP contribution < -0.4 is 5.43 Å². The first-order valence-electron chi connectivity index (χ1n) is 7.96. The van der Waals surface area contributed by atoms with Crippen LogP contribution in [0.5, 0.6) is 0 Å². The Labute approximate surface area is 144 Å². The fourth-order valence-corrected chi connectivity index (χ4v) is 3.45. The maximum absolute atomic E-state index is 11.5. The summed E-state index contributed by atoms with van der Waals surface area (Å²) < 4.78 is 10.5. The van der Waals surface area contributed by atoms with E-state index in [1.807, 2.05) is 11.4 Å². The number of aromatic nitrogens is 1. The maximum atomic E-state index is 11.5. The van der Waals surface area contributed by atoms with Gasteiger partial charge in [0.25, 0.3) is 0 Å². The standard InChI is InChI=1S/C17H21N3O3S/c1-4-22-15(21)7-11-10-24-16(18-11)20-19-13-8-17(2,3)9-14-12(13)5-6-23-14/h5-6,10H,4,7-9H2,1-3H3,(H,18,20)/b19-13+. The molecule has 7 heteroatoms. The van der Waals surface area contributed by atoms with Crippen molar-refractivity contribution in [3.63, 3.8) is 0 Å². The van der Waals surface area contributed by atoms with Gasteiger partial charge in [-0.2, -0.15) is 5.10 Å². The van der Waals surface area contributed by atoms with Gasteiger partial charge in [-0.3, -0.25) is 10.2 Å². The van der Waals surface area contributed by atoms with E-state index in [4.69, 9.17) is 9.15 Å². The zero-order valence-corrected chi connectivity index (χ0v) is 14.9. The Morgan fingerprint density at radius 3 is 3.12 bits per heavy atom. The number of carbonyl (C=O) groups is 1. The minimum absolute atomic E-state index is 0.114. The molecule has 128 valence electrons. The molecule has 1 aliphatic carbocycles. The van der Waals surface area contributed by atoms with Crippen LogP contribution >= 0.6 is 11.3 Å². The Morgan fingerprint density at radius 1 is 1.50 bits per heavy atom. The molecule has 1 aliphatic rings. The number of anilines is 1. The number of nitrogens with zero attached hydrogens (tertiary/aromatic N) is 2. The topological polar surface area (TPSA) is 76.7 Å². The molecule has 0 fully saturated rings. The summed E-state index contributed by atoms with van der Waals surface area (Å²) in [7, 11) is 0. The van der Waals surface area contributed by atoms with Crippen LogP contribution in [-0.4, -0.2) is 23.3 Å². The van der Waals surface area contributed by atoms with E-state index in [0.717, 1.165) is 29.9 Å². The lowest BCUT2D eigenvalue weighted by Gasteiger charge is -2.29. The highest BCUT2D eigenvalue weighted by molar-refractivity contribution is 7.13. The Morgan fingerprint density at radius 2 is 2.33 bits per heavy atom. The van der Waals surface area contributed by atoms with Crippen LogP contribution in [0.1, 0.15) is 44.2 Å². The third-order valence-electron chi connectivity index (χ3n) is 3.81. The van der Waals surface area contributed by atoms with Gasteiger partial charge in [-0.25, -0.2) is 4.98 Å². The summed E-state index contributed by atoms with van der Waals surface area (Å²) in [5, 5.41) is 7.03. The van der Waals surface area contributed by atoms with Crippen molar-refractivity contribution in [2.45, 2.75) is 40.0 Å². The normalized spacial score (nSPS) is 17.5. The largest absolute Gasteiger partial charge is 0.469 e. The van der Waals surface area contributed by atoms with E-state index in [1.165, 1.54) is 11.3 Å². The number of thiazole rings is 1. The zero-order valence-electron chi connectivity index (χ0n) is 14.1. The fourth-order valence-electron chi connectivity index (χ4n) is 2.79. The minimum atomic E-state index is -0.266. The summed E-state index contributed by atoms with van der Waals surface area (Å²) in [6, 6.07) is 1.96. The summed E-state index contributed by atoms with van der Waals surface area (Å²) >= 11 is 1.42. The molecule has 0 aliphatic heterocycles. The molecule has 6 nitrogen and oxygen atoms in total. The first-order valence-corrected chi connectivity index (χ1v) is 8.84. The molecular weight excluding hydrogens is 326 g/mol. The van der Waals surface area contributed by atoms with E-state index in [1.54, 1.807) is 13.2 Å². The second-order valence-corrected chi connectivity index (χ2v) is 7.43. The molecule has 0 radical (unpaired) electrons. The van der Waals surface area contributed by atoms with E-state index >= 15 is 0 Å². The number of hydrogen-bond donors (Lipinski definition) is 1. The van der Waals surface area contributed by atoms with Crippen LogP contribution in [0, 0.1) is 5.41 Å². The maximum Gasteiger partial charge on any atom is 0.311 e. The van der Waals surface area contributed by atoms with Crippen LogP contribution in [0.4, 0.5) is 5.13 Å². The lowest BCUT2D eigenvalue weighted by molar-refractivity contribution is -0.142. The van der Waals surface area contributed by atoms with Crippen molar-refractivity contribution in [3.05, 3.63) is 34.7 Å². The number of fused-ring (bicyclic) bond motifs is 1. The van der Waals surface area contributed by atoms with Crippen molar-refractivity contribution in [2.75, 3.05) is 12.0 Å². The molecule has 24 heavy (non-hydrogen) atoms. The molecule has 0 aromatic carbocycles. The van der Waals surface area contributed by atoms with Crippen molar-refractivity contribution in [1.82, 2.24) is 4.98 Å². The molecule has 3 rings (SSSR count). The SMILES string of the molecule is CCOC(=O)Cc1csc(N/N=C2\CC(C)(C)Cc3occc32)n1. The molecule has 0 bridgehead atoms. The van der Waals surface area contributed by atoms with Crippen LogP contribution in [0.3, 0.4) is 0 Å². The Hall–Kier alpha value is -2.15. The highest BCUT2D eigenvalue weighted by Crippen LogP contribution is 2.35. The van der Waals surface area contributed by atoms with E-state index in [2.05, 4.69) is 29.4 Å². The molecule has 2 aromatic heterocycles. The number of ether oxygens (including phenoxy) is 1. The van der Waals surface area contributed by atoms with Gasteiger partial charge in [-0.15, -0.1) is 11.3 Å². The number of rotatable bonds is 5. The van der Waals surface area contributed by atoms with E-state index in [9.17, 15) is 4.79 Å². The lowest BCUT2D eigenvalue weighted by atomic mass is 9.76. The quantitative estimate of drug-likeness (QED) is 0.660. The molecule has 0 amide bonds. The van der Waals surface area contributed by atoms with Gasteiger partial charge in [0.05, 0.1) is 30.7 Å². The predicted octanol–water partition coefficient (Wildman–Crippen LogP) is 3.63. The number of nitrogens with one attached hydrogen (secondary N) is 1. The van der Waals surface area contributed by atoms with Crippen LogP contribution in [0.15, 0.2) is 27.2 Å². The van der Waals surface area contributed by atoms with Gasteiger partial charge in [-0.05, 0) is 24.8 Å². The predicted molar refractivity (Wildman–Crippen MR) is 93.4 cm³/mol. The Balaban J connectivity index is 1.70. The summed E-state index contributed by atoms with van der Waals surface area (Å²) in [5.41, 5.74) is 5.84. The summed E-state index contributed by atoms with van der Waals surface area (Å²) in [6.07, 6.45) is 3.67. The first-order chi connectivity index (χ1) is 11.5. The zero-order chi connectivity index (χ0) is 17.2. The summed E-state index contributed by atoms with van der Waals surface area (Å²) in [5.74, 6) is 0.715. The second kappa shape index (κ2) is 6.76. The van der Waals surface area contributed by atoms with Gasteiger partial charge in [0.15, 0.2) is 0 Å². The average Bonchev–Trinajstić information content (AvgIpc) is 3.13. The molecule has 2 heterocycles. The van der Waals surface area contributed by atoms with Crippen molar-refractivity contribution in [3.8, 4) is 0 Å². The third-order valence-corrected chi connectivity index (χ3v) is 4.61. The smallest absolute Gasteiger partial charge is 0.311 e. The van der Waals surface area contributed by atoms with Crippen molar-refractivity contribution in [1.29, 1.82) is 0 Å². The van der Waals surface area contributed by atoms with Crippen LogP contribution in [-0.2, 0) is 22.4 Å². The number of carbonyl (C=O) groups excluding carboxylic acids is 1. The Kier molecular flexibility index (Phi) is 4.71. The number of hydrogen-bond acceptors (Lipinski definition) is 7. The molecular formula is C17H21N3O3S. The van der Waals surface area contributed by atoms with E-state index < -0.39 is 0 Å². The molecule has 2 aromatic rings. The van der Waals surface area contributed by atoms with E-state index in [0.29, 0.717) is 17.4 Å². The summed E-state index contributed by atoms with van der Waals surface area (Å²) in [4.78, 5) is 15.9. The van der Waals surface area contributed by atoms with Gasteiger partial charge in [-0.1, -0.05) is 13.8 Å².